The van der Waals surface area contributed by atoms with Crippen LogP contribution in [0.4, 0.5) is 0 Å². The maximum absolute atomic E-state index is 12.4. The molecule has 0 N–H and O–H groups in total. The predicted molar refractivity (Wildman–Crippen MR) is 73.6 cm³/mol. The first-order valence-electron chi connectivity index (χ1n) is 5.75. The maximum atomic E-state index is 12.4. The van der Waals surface area contributed by atoms with Gasteiger partial charge in [-0.05, 0) is 24.3 Å². The molecule has 0 aliphatic heterocycles. The molecule has 0 amide bonds. The molecule has 19 heavy (non-hydrogen) atoms. The summed E-state index contributed by atoms with van der Waals surface area (Å²) in [7, 11) is -1.52. The van der Waals surface area contributed by atoms with Crippen molar-refractivity contribution in [2.24, 2.45) is 0 Å². The minimum atomic E-state index is -1.52. The van der Waals surface area contributed by atoms with Crippen LogP contribution in [-0.4, -0.2) is 4.21 Å². The Kier molecular flexibility index (Phi) is 3.01. The van der Waals surface area contributed by atoms with E-state index in [1.165, 1.54) is 0 Å². The molecule has 3 aromatic rings. The molecule has 0 fully saturated rings. The Labute approximate surface area is 112 Å². The van der Waals surface area contributed by atoms with E-state index in [-0.39, 0.29) is 4.90 Å². The van der Waals surface area contributed by atoms with Gasteiger partial charge in [-0.25, -0.2) is 9.00 Å². The summed E-state index contributed by atoms with van der Waals surface area (Å²) in [5, 5.41) is 0.765. The molecule has 0 saturated carbocycles. The lowest BCUT2D eigenvalue weighted by molar-refractivity contribution is 0.541. The SMILES string of the molecule is O=c1oc2ccccc2cc1S(=O)c1ccccc1. The van der Waals surface area contributed by atoms with E-state index in [2.05, 4.69) is 0 Å². The van der Waals surface area contributed by atoms with Crippen molar-refractivity contribution in [1.82, 2.24) is 0 Å². The van der Waals surface area contributed by atoms with E-state index in [1.54, 1.807) is 42.5 Å². The summed E-state index contributed by atoms with van der Waals surface area (Å²) in [6.07, 6.45) is 0. The van der Waals surface area contributed by atoms with Gasteiger partial charge in [-0.15, -0.1) is 0 Å². The smallest absolute Gasteiger partial charge is 0.353 e. The molecular weight excluding hydrogens is 260 g/mol. The van der Waals surface area contributed by atoms with E-state index in [0.717, 1.165) is 5.39 Å². The maximum Gasteiger partial charge on any atom is 0.353 e. The zero-order chi connectivity index (χ0) is 13.2. The topological polar surface area (TPSA) is 47.3 Å². The summed E-state index contributed by atoms with van der Waals surface area (Å²) in [6, 6.07) is 17.7. The fraction of sp³-hybridized carbons (Fsp3) is 0. The minimum Gasteiger partial charge on any atom is -0.422 e. The summed E-state index contributed by atoms with van der Waals surface area (Å²) in [5.74, 6) is 0. The normalized spacial score (nSPS) is 12.4. The van der Waals surface area contributed by atoms with Gasteiger partial charge in [0, 0.05) is 10.3 Å². The van der Waals surface area contributed by atoms with Crippen LogP contribution in [-0.2, 0) is 10.8 Å². The van der Waals surface area contributed by atoms with E-state index in [1.807, 2.05) is 18.2 Å². The molecule has 0 aliphatic carbocycles. The van der Waals surface area contributed by atoms with Crippen LogP contribution >= 0.6 is 0 Å². The van der Waals surface area contributed by atoms with Crippen molar-refractivity contribution in [3.63, 3.8) is 0 Å². The van der Waals surface area contributed by atoms with Crippen molar-refractivity contribution in [2.75, 3.05) is 0 Å². The molecule has 3 rings (SSSR count). The number of benzene rings is 2. The van der Waals surface area contributed by atoms with Crippen molar-refractivity contribution < 1.29 is 8.63 Å². The van der Waals surface area contributed by atoms with Gasteiger partial charge in [0.15, 0.2) is 0 Å². The van der Waals surface area contributed by atoms with E-state index in [0.29, 0.717) is 10.5 Å². The molecule has 3 nitrogen and oxygen atoms in total. The van der Waals surface area contributed by atoms with Crippen molar-refractivity contribution in [3.8, 4) is 0 Å². The Bertz CT molecular complexity index is 806. The second-order valence-electron chi connectivity index (χ2n) is 4.02. The van der Waals surface area contributed by atoms with Gasteiger partial charge in [0.05, 0.1) is 10.8 Å². The summed E-state index contributed by atoms with van der Waals surface area (Å²) in [5.41, 5.74) is -0.0535. The van der Waals surface area contributed by atoms with E-state index in [4.69, 9.17) is 4.42 Å². The number of hydrogen-bond acceptors (Lipinski definition) is 3. The predicted octanol–water partition coefficient (Wildman–Crippen LogP) is 2.96. The largest absolute Gasteiger partial charge is 0.422 e. The van der Waals surface area contributed by atoms with Crippen LogP contribution in [0, 0.1) is 0 Å². The Morgan fingerprint density at radius 1 is 0.895 bits per heavy atom. The number of para-hydroxylation sites is 1. The molecule has 1 unspecified atom stereocenters. The van der Waals surface area contributed by atoms with Crippen molar-refractivity contribution in [2.45, 2.75) is 9.79 Å². The van der Waals surface area contributed by atoms with Gasteiger partial charge in [-0.2, -0.15) is 0 Å². The number of fused-ring (bicyclic) bond motifs is 1. The molecule has 1 aromatic heterocycles. The third-order valence-electron chi connectivity index (χ3n) is 2.77. The van der Waals surface area contributed by atoms with Gasteiger partial charge in [-0.1, -0.05) is 36.4 Å². The highest BCUT2D eigenvalue weighted by Crippen LogP contribution is 2.18. The quantitative estimate of drug-likeness (QED) is 0.673. The summed E-state index contributed by atoms with van der Waals surface area (Å²) >= 11 is 0. The van der Waals surface area contributed by atoms with Gasteiger partial charge in [-0.3, -0.25) is 0 Å². The summed E-state index contributed by atoms with van der Waals surface area (Å²) < 4.78 is 17.5. The molecule has 0 saturated heterocycles. The lowest BCUT2D eigenvalue weighted by Crippen LogP contribution is -2.09. The van der Waals surface area contributed by atoms with Gasteiger partial charge in [0.2, 0.25) is 0 Å². The third-order valence-corrected chi connectivity index (χ3v) is 4.15. The van der Waals surface area contributed by atoms with Gasteiger partial charge in [0.25, 0.3) is 0 Å². The van der Waals surface area contributed by atoms with Crippen LogP contribution in [0.15, 0.2) is 79.7 Å². The Hall–Kier alpha value is -2.20. The Morgan fingerprint density at radius 3 is 2.37 bits per heavy atom. The van der Waals surface area contributed by atoms with E-state index >= 15 is 0 Å². The molecule has 2 aromatic carbocycles. The van der Waals surface area contributed by atoms with E-state index in [9.17, 15) is 9.00 Å². The first-order valence-corrected chi connectivity index (χ1v) is 6.90. The molecule has 1 atom stereocenters. The summed E-state index contributed by atoms with van der Waals surface area (Å²) in [6.45, 7) is 0. The van der Waals surface area contributed by atoms with Crippen molar-refractivity contribution in [1.29, 1.82) is 0 Å². The fourth-order valence-corrected chi connectivity index (χ4v) is 2.93. The fourth-order valence-electron chi connectivity index (χ4n) is 1.84. The highest BCUT2D eigenvalue weighted by molar-refractivity contribution is 7.85. The van der Waals surface area contributed by atoms with Crippen LogP contribution < -0.4 is 5.63 Å². The monoisotopic (exact) mass is 270 g/mol. The number of rotatable bonds is 2. The molecule has 0 aliphatic rings. The first-order chi connectivity index (χ1) is 9.25. The molecule has 0 radical (unpaired) electrons. The minimum absolute atomic E-state index is 0.171. The highest BCUT2D eigenvalue weighted by atomic mass is 32.2. The summed E-state index contributed by atoms with van der Waals surface area (Å²) in [4.78, 5) is 12.6. The van der Waals surface area contributed by atoms with Gasteiger partial charge in [0.1, 0.15) is 10.5 Å². The average molecular weight is 270 g/mol. The highest BCUT2D eigenvalue weighted by Gasteiger charge is 2.13. The number of hydrogen-bond donors (Lipinski definition) is 0. The van der Waals surface area contributed by atoms with Crippen molar-refractivity contribution in [3.05, 3.63) is 71.1 Å². The van der Waals surface area contributed by atoms with Crippen molar-refractivity contribution >= 4 is 21.8 Å². The van der Waals surface area contributed by atoms with E-state index < -0.39 is 16.4 Å². The first kappa shape index (κ1) is 11.9. The van der Waals surface area contributed by atoms with Crippen LogP contribution in [0.3, 0.4) is 0 Å². The average Bonchev–Trinajstić information content (AvgIpc) is 2.47. The molecule has 1 heterocycles. The van der Waals surface area contributed by atoms with Gasteiger partial charge >= 0.3 is 5.63 Å². The molecule has 94 valence electrons. The van der Waals surface area contributed by atoms with Crippen LogP contribution in [0.2, 0.25) is 0 Å². The molecule has 0 spiro atoms. The lowest BCUT2D eigenvalue weighted by Gasteiger charge is -2.02. The molecular formula is C15H10O3S. The standard InChI is InChI=1S/C15H10O3S/c16-15-14(19(17)12-7-2-1-3-8-12)10-11-6-4-5-9-13(11)18-15/h1-10H. The Morgan fingerprint density at radius 2 is 1.58 bits per heavy atom. The second-order valence-corrected chi connectivity index (χ2v) is 5.47. The Balaban J connectivity index is 2.18. The second kappa shape index (κ2) is 4.82. The van der Waals surface area contributed by atoms with Crippen LogP contribution in [0.5, 0.6) is 0 Å². The molecule has 0 bridgehead atoms. The third kappa shape index (κ3) is 2.22. The molecule has 4 heteroatoms. The zero-order valence-electron chi connectivity index (χ0n) is 9.91. The van der Waals surface area contributed by atoms with Crippen LogP contribution in [0.1, 0.15) is 0 Å². The van der Waals surface area contributed by atoms with Crippen LogP contribution in [0.25, 0.3) is 11.0 Å². The lowest BCUT2D eigenvalue weighted by atomic mass is 10.2. The van der Waals surface area contributed by atoms with Gasteiger partial charge < -0.3 is 4.42 Å². The zero-order valence-corrected chi connectivity index (χ0v) is 10.7.